The molecule has 1 aliphatic rings. The largest absolute Gasteiger partial charge is 0.507 e. The number of nitrogens with zero attached hydrogens (tertiary/aromatic N) is 1. The number of hydrogen-bond acceptors (Lipinski definition) is 3. The van der Waals surface area contributed by atoms with Gasteiger partial charge in [-0.15, -0.1) is 0 Å². The van der Waals surface area contributed by atoms with Gasteiger partial charge in [0, 0.05) is 22.3 Å². The number of benzene rings is 2. The van der Waals surface area contributed by atoms with E-state index in [-0.39, 0.29) is 17.2 Å². The molecule has 1 aliphatic heterocycles. The molecule has 0 spiro atoms. The molecule has 5 heteroatoms. The molecule has 0 saturated heterocycles. The monoisotopic (exact) mass is 345 g/mol. The third-order valence-electron chi connectivity index (χ3n) is 3.62. The number of carbonyl (C=O) groups excluding carboxylic acids is 2. The van der Waals surface area contributed by atoms with Gasteiger partial charge in [0.05, 0.1) is 5.56 Å². The minimum atomic E-state index is -0.181. The number of hydrogen-bond donors (Lipinski definition) is 1. The molecule has 0 fully saturated rings. The van der Waals surface area contributed by atoms with Gasteiger partial charge >= 0.3 is 0 Å². The molecule has 1 amide bonds. The molecule has 21 heavy (non-hydrogen) atoms. The van der Waals surface area contributed by atoms with E-state index >= 15 is 0 Å². The highest BCUT2D eigenvalue weighted by Gasteiger charge is 2.27. The minimum Gasteiger partial charge on any atom is -0.507 e. The molecule has 106 valence electrons. The highest BCUT2D eigenvalue weighted by atomic mass is 79.9. The lowest BCUT2D eigenvalue weighted by atomic mass is 10.1. The molecule has 0 unspecified atom stereocenters. The van der Waals surface area contributed by atoms with Crippen LogP contribution in [-0.4, -0.2) is 23.8 Å². The number of halogens is 1. The molecule has 2 aromatic carbocycles. The highest BCUT2D eigenvalue weighted by Crippen LogP contribution is 2.34. The number of carbonyl (C=O) groups is 2. The van der Waals surface area contributed by atoms with Crippen LogP contribution in [-0.2, 0) is 6.42 Å². The molecule has 0 bridgehead atoms. The zero-order valence-corrected chi connectivity index (χ0v) is 12.6. The second-order valence-corrected chi connectivity index (χ2v) is 5.69. The van der Waals surface area contributed by atoms with E-state index in [1.165, 1.54) is 12.1 Å². The summed E-state index contributed by atoms with van der Waals surface area (Å²) < 4.78 is 0.995. The molecular formula is C16H12BrNO3. The second-order valence-electron chi connectivity index (χ2n) is 4.84. The molecule has 1 heterocycles. The maximum atomic E-state index is 12.6. The van der Waals surface area contributed by atoms with Crippen LogP contribution in [0, 0.1) is 0 Å². The number of rotatable bonds is 2. The van der Waals surface area contributed by atoms with E-state index in [2.05, 4.69) is 15.9 Å². The smallest absolute Gasteiger partial charge is 0.258 e. The van der Waals surface area contributed by atoms with E-state index in [9.17, 15) is 14.7 Å². The maximum absolute atomic E-state index is 12.6. The van der Waals surface area contributed by atoms with Crippen molar-refractivity contribution in [2.45, 2.75) is 6.42 Å². The fourth-order valence-corrected chi connectivity index (χ4v) is 3.09. The fourth-order valence-electron chi connectivity index (χ4n) is 2.53. The van der Waals surface area contributed by atoms with Crippen molar-refractivity contribution >= 4 is 33.8 Å². The fraction of sp³-hybridized carbons (Fsp3) is 0.125. The number of aldehydes is 1. The van der Waals surface area contributed by atoms with Gasteiger partial charge in [0.2, 0.25) is 0 Å². The molecule has 4 nitrogen and oxygen atoms in total. The Morgan fingerprint density at radius 2 is 2.10 bits per heavy atom. The summed E-state index contributed by atoms with van der Waals surface area (Å²) in [7, 11) is 0. The highest BCUT2D eigenvalue weighted by molar-refractivity contribution is 9.10. The van der Waals surface area contributed by atoms with Gasteiger partial charge in [0.15, 0.2) is 6.29 Å². The average Bonchev–Trinajstić information content (AvgIpc) is 2.92. The topological polar surface area (TPSA) is 57.6 Å². The van der Waals surface area contributed by atoms with Gasteiger partial charge in [0.25, 0.3) is 5.91 Å². The molecule has 2 aromatic rings. The van der Waals surface area contributed by atoms with Gasteiger partial charge in [0.1, 0.15) is 5.75 Å². The van der Waals surface area contributed by atoms with Crippen molar-refractivity contribution in [2.24, 2.45) is 0 Å². The summed E-state index contributed by atoms with van der Waals surface area (Å²) in [6.45, 7) is 0.604. The van der Waals surface area contributed by atoms with Crippen molar-refractivity contribution < 1.29 is 14.7 Å². The van der Waals surface area contributed by atoms with Crippen LogP contribution in [0.15, 0.2) is 40.9 Å². The lowest BCUT2D eigenvalue weighted by Gasteiger charge is -2.17. The van der Waals surface area contributed by atoms with E-state index in [4.69, 9.17) is 0 Å². The first-order valence-corrected chi connectivity index (χ1v) is 7.28. The molecule has 0 aromatic heterocycles. The third kappa shape index (κ3) is 2.34. The number of amides is 1. The van der Waals surface area contributed by atoms with E-state index in [0.29, 0.717) is 18.4 Å². The third-order valence-corrected chi connectivity index (χ3v) is 4.36. The van der Waals surface area contributed by atoms with Gasteiger partial charge in [-0.3, -0.25) is 9.59 Å². The summed E-state index contributed by atoms with van der Waals surface area (Å²) >= 11 is 3.49. The van der Waals surface area contributed by atoms with E-state index in [0.717, 1.165) is 22.1 Å². The van der Waals surface area contributed by atoms with Crippen LogP contribution in [0.5, 0.6) is 5.75 Å². The second kappa shape index (κ2) is 5.33. The quantitative estimate of drug-likeness (QED) is 0.850. The zero-order chi connectivity index (χ0) is 15.0. The molecule has 0 atom stereocenters. The zero-order valence-electron chi connectivity index (χ0n) is 11.0. The van der Waals surface area contributed by atoms with Crippen molar-refractivity contribution in [3.8, 4) is 5.75 Å². The maximum Gasteiger partial charge on any atom is 0.258 e. The van der Waals surface area contributed by atoms with Gasteiger partial charge in [-0.2, -0.15) is 0 Å². The van der Waals surface area contributed by atoms with Gasteiger partial charge in [-0.05, 0) is 42.3 Å². The average molecular weight is 346 g/mol. The van der Waals surface area contributed by atoms with E-state index in [1.807, 2.05) is 18.2 Å². The summed E-state index contributed by atoms with van der Waals surface area (Å²) in [6, 6.07) is 10.1. The Kier molecular flexibility index (Phi) is 3.51. The summed E-state index contributed by atoms with van der Waals surface area (Å²) in [5, 5.41) is 9.71. The number of phenolic OH excluding ortho intramolecular Hbond substituents is 1. The van der Waals surface area contributed by atoms with Crippen LogP contribution < -0.4 is 4.90 Å². The van der Waals surface area contributed by atoms with Crippen molar-refractivity contribution in [3.05, 3.63) is 57.6 Å². The standard InChI is InChI=1S/C16H12BrNO3/c17-13-2-1-3-14-12(13)6-7-18(14)16(21)10-4-5-11(9-19)15(20)8-10/h1-5,8-9,20H,6-7H2. The van der Waals surface area contributed by atoms with Crippen LogP contribution >= 0.6 is 15.9 Å². The Morgan fingerprint density at radius 1 is 1.29 bits per heavy atom. The van der Waals surface area contributed by atoms with Gasteiger partial charge in [-0.1, -0.05) is 22.0 Å². The Balaban J connectivity index is 1.96. The van der Waals surface area contributed by atoms with Gasteiger partial charge < -0.3 is 10.0 Å². The van der Waals surface area contributed by atoms with E-state index < -0.39 is 0 Å². The summed E-state index contributed by atoms with van der Waals surface area (Å²) in [6.07, 6.45) is 1.35. The molecule has 0 aliphatic carbocycles. The van der Waals surface area contributed by atoms with Crippen molar-refractivity contribution in [3.63, 3.8) is 0 Å². The lowest BCUT2D eigenvalue weighted by molar-refractivity contribution is 0.0988. The normalized spacial score (nSPS) is 13.1. The van der Waals surface area contributed by atoms with Crippen molar-refractivity contribution in [1.29, 1.82) is 0 Å². The first-order chi connectivity index (χ1) is 10.1. The number of aromatic hydroxyl groups is 1. The minimum absolute atomic E-state index is 0.176. The Bertz CT molecular complexity index is 742. The van der Waals surface area contributed by atoms with Crippen LogP contribution in [0.2, 0.25) is 0 Å². The predicted octanol–water partition coefficient (Wildman–Crippen LogP) is 3.17. The van der Waals surface area contributed by atoms with Crippen molar-refractivity contribution in [2.75, 3.05) is 11.4 Å². The Labute approximate surface area is 130 Å². The Hall–Kier alpha value is -2.14. The summed E-state index contributed by atoms with van der Waals surface area (Å²) in [4.78, 5) is 25.0. The predicted molar refractivity (Wildman–Crippen MR) is 83.0 cm³/mol. The number of anilines is 1. The van der Waals surface area contributed by atoms with Crippen molar-refractivity contribution in [1.82, 2.24) is 0 Å². The lowest BCUT2D eigenvalue weighted by Crippen LogP contribution is -2.28. The van der Waals surface area contributed by atoms with E-state index in [1.54, 1.807) is 11.0 Å². The first kappa shape index (κ1) is 13.8. The summed E-state index contributed by atoms with van der Waals surface area (Å²) in [5.74, 6) is -0.357. The van der Waals surface area contributed by atoms with Crippen LogP contribution in [0.3, 0.4) is 0 Å². The molecule has 0 radical (unpaired) electrons. The van der Waals surface area contributed by atoms with Crippen LogP contribution in [0.25, 0.3) is 0 Å². The molecule has 1 N–H and O–H groups in total. The van der Waals surface area contributed by atoms with Gasteiger partial charge in [-0.25, -0.2) is 0 Å². The molecule has 3 rings (SSSR count). The Morgan fingerprint density at radius 3 is 2.81 bits per heavy atom. The number of phenols is 1. The van der Waals surface area contributed by atoms with Crippen LogP contribution in [0.4, 0.5) is 5.69 Å². The number of fused-ring (bicyclic) bond motifs is 1. The molecular weight excluding hydrogens is 334 g/mol. The summed E-state index contributed by atoms with van der Waals surface area (Å²) in [5.41, 5.74) is 2.54. The molecule has 0 saturated carbocycles. The van der Waals surface area contributed by atoms with Crippen LogP contribution in [0.1, 0.15) is 26.3 Å². The first-order valence-electron chi connectivity index (χ1n) is 6.49. The SMILES string of the molecule is O=Cc1ccc(C(=O)N2CCc3c(Br)cccc32)cc1O.